The first-order valence-corrected chi connectivity index (χ1v) is 12.8. The second-order valence-corrected chi connectivity index (χ2v) is 11.5. The summed E-state index contributed by atoms with van der Waals surface area (Å²) in [5.74, 6) is -2.95. The summed E-state index contributed by atoms with van der Waals surface area (Å²) in [6, 6.07) is -0.999. The van der Waals surface area contributed by atoms with Crippen LogP contribution in [0.1, 0.15) is 53.4 Å². The molecule has 0 saturated heterocycles. The van der Waals surface area contributed by atoms with Crippen molar-refractivity contribution in [3.05, 3.63) is 23.8 Å². The molecule has 9 atom stereocenters. The zero-order valence-corrected chi connectivity index (χ0v) is 20.7. The Balaban J connectivity index is 1.87. The van der Waals surface area contributed by atoms with Crippen molar-refractivity contribution in [1.82, 2.24) is 0 Å². The first-order valence-electron chi connectivity index (χ1n) is 11.8. The van der Waals surface area contributed by atoms with E-state index in [1.165, 1.54) is 18.2 Å². The fourth-order valence-corrected chi connectivity index (χ4v) is 8.46. The molecule has 0 heterocycles. The lowest BCUT2D eigenvalue weighted by atomic mass is 9.44. The number of aliphatic hydroxyl groups is 2. The number of esters is 1. The minimum Gasteiger partial charge on any atom is -0.449 e. The van der Waals surface area contributed by atoms with Crippen LogP contribution < -0.4 is 0 Å². The zero-order chi connectivity index (χ0) is 25.3. The minimum absolute atomic E-state index is 0.00554. The maximum Gasteiger partial charge on any atom is 0.306 e. The maximum atomic E-state index is 17.3. The number of carbonyl (C=O) groups is 3. The number of alkyl halides is 2. The number of ether oxygens (including phenoxy) is 1. The van der Waals surface area contributed by atoms with Gasteiger partial charge in [-0.05, 0) is 61.6 Å². The zero-order valence-electron chi connectivity index (χ0n) is 19.8. The number of fused-ring (bicyclic) bond motifs is 5. The topological polar surface area (TPSA) is 101 Å². The number of hydrogen-bond acceptors (Lipinski definition) is 7. The number of ketones is 1. The summed E-state index contributed by atoms with van der Waals surface area (Å²) < 4.78 is 36.4. The lowest BCUT2D eigenvalue weighted by Crippen LogP contribution is -2.71. The highest BCUT2D eigenvalue weighted by Gasteiger charge is 2.78. The molecule has 4 aliphatic carbocycles. The van der Waals surface area contributed by atoms with E-state index in [0.717, 1.165) is 0 Å². The molecule has 6 nitrogen and oxygen atoms in total. The number of carbonyl (C=O) groups excluding carboxylic acids is 3. The predicted octanol–water partition coefficient (Wildman–Crippen LogP) is 3.45. The molecular weight excluding hydrogens is 466 g/mol. The summed E-state index contributed by atoms with van der Waals surface area (Å²) in [4.78, 5) is 37.9. The van der Waals surface area contributed by atoms with Gasteiger partial charge in [-0.25, -0.2) is 8.78 Å². The van der Waals surface area contributed by atoms with E-state index in [0.29, 0.717) is 18.2 Å². The van der Waals surface area contributed by atoms with Gasteiger partial charge in [0.2, 0.25) is 5.12 Å². The van der Waals surface area contributed by atoms with Crippen LogP contribution in [0.15, 0.2) is 23.8 Å². The molecule has 3 saturated carbocycles. The van der Waals surface area contributed by atoms with E-state index in [1.807, 2.05) is 0 Å². The predicted molar refractivity (Wildman–Crippen MR) is 122 cm³/mol. The number of allylic oxidation sites excluding steroid dienone is 3. The molecule has 0 spiro atoms. The molecule has 0 aromatic heterocycles. The van der Waals surface area contributed by atoms with Crippen molar-refractivity contribution in [1.29, 1.82) is 0 Å². The van der Waals surface area contributed by atoms with Crippen LogP contribution in [-0.2, 0) is 19.1 Å². The second kappa shape index (κ2) is 8.23. The van der Waals surface area contributed by atoms with Gasteiger partial charge in [0.15, 0.2) is 17.1 Å². The Morgan fingerprint density at radius 2 is 1.91 bits per heavy atom. The summed E-state index contributed by atoms with van der Waals surface area (Å²) in [6.45, 7) is 6.62. The van der Waals surface area contributed by atoms with E-state index in [1.54, 1.807) is 27.7 Å². The maximum absolute atomic E-state index is 17.3. The quantitative estimate of drug-likeness (QED) is 0.573. The molecule has 0 aliphatic heterocycles. The summed E-state index contributed by atoms with van der Waals surface area (Å²) in [5.41, 5.74) is -6.32. The van der Waals surface area contributed by atoms with Gasteiger partial charge < -0.3 is 14.9 Å². The number of thioether (sulfide) groups is 1. The van der Waals surface area contributed by atoms with Crippen LogP contribution in [0.3, 0.4) is 0 Å². The van der Waals surface area contributed by atoms with Gasteiger partial charge in [-0.15, -0.1) is 0 Å². The van der Waals surface area contributed by atoms with Crippen LogP contribution in [0.2, 0.25) is 0 Å². The summed E-state index contributed by atoms with van der Waals surface area (Å²) >= 11 is 0.420. The molecular formula is C25H32F2O6S. The van der Waals surface area contributed by atoms with E-state index < -0.39 is 69.2 Å². The second-order valence-electron chi connectivity index (χ2n) is 10.6. The first-order chi connectivity index (χ1) is 15.8. The van der Waals surface area contributed by atoms with Crippen LogP contribution in [-0.4, -0.2) is 56.6 Å². The van der Waals surface area contributed by atoms with Gasteiger partial charge in [-0.3, -0.25) is 14.4 Å². The van der Waals surface area contributed by atoms with Crippen LogP contribution >= 0.6 is 11.8 Å². The molecule has 0 aromatic rings. The SMILES string of the molecule is CCC(=O)O[C@]1(C(=O)SCF)[C@H](C)C[C@H]2[C@@H]3C[C@@H](O)C4=CC(=O)C=C[C@]4(C)[C@@]3(F)[C@@H](O)C[C@@]21C. The normalized spacial score (nSPS) is 47.4. The van der Waals surface area contributed by atoms with E-state index in [9.17, 15) is 29.0 Å². The molecule has 0 unspecified atom stereocenters. The van der Waals surface area contributed by atoms with Gasteiger partial charge in [-0.1, -0.05) is 26.8 Å². The van der Waals surface area contributed by atoms with Crippen LogP contribution in [0.5, 0.6) is 0 Å². The summed E-state index contributed by atoms with van der Waals surface area (Å²) in [7, 11) is 0. The van der Waals surface area contributed by atoms with Crippen molar-refractivity contribution in [2.45, 2.75) is 76.9 Å². The lowest BCUT2D eigenvalue weighted by Gasteiger charge is -2.63. The highest BCUT2D eigenvalue weighted by atomic mass is 32.2. The molecule has 9 heteroatoms. The smallest absolute Gasteiger partial charge is 0.306 e. The first kappa shape index (κ1) is 25.5. The van der Waals surface area contributed by atoms with Crippen LogP contribution in [0.4, 0.5) is 8.78 Å². The Morgan fingerprint density at radius 3 is 2.53 bits per heavy atom. The lowest BCUT2D eigenvalue weighted by molar-refractivity contribution is -0.230. The third-order valence-electron chi connectivity index (χ3n) is 9.26. The number of rotatable bonds is 4. The van der Waals surface area contributed by atoms with Crippen molar-refractivity contribution < 1.29 is 38.1 Å². The van der Waals surface area contributed by atoms with E-state index in [2.05, 4.69) is 0 Å². The number of hydrogen-bond donors (Lipinski definition) is 2. The molecule has 4 rings (SSSR count). The van der Waals surface area contributed by atoms with Gasteiger partial charge in [0.05, 0.1) is 12.2 Å². The molecule has 188 valence electrons. The van der Waals surface area contributed by atoms with Gasteiger partial charge in [-0.2, -0.15) is 0 Å². The van der Waals surface area contributed by atoms with Crippen LogP contribution in [0, 0.1) is 28.6 Å². The molecule has 0 bridgehead atoms. The third kappa shape index (κ3) is 3.02. The third-order valence-corrected chi connectivity index (χ3v) is 9.93. The molecule has 0 radical (unpaired) electrons. The average Bonchev–Trinajstić information content (AvgIpc) is 2.99. The molecule has 0 amide bonds. The highest BCUT2D eigenvalue weighted by Crippen LogP contribution is 2.71. The number of halogens is 2. The molecule has 4 aliphatic rings. The van der Waals surface area contributed by atoms with E-state index in [4.69, 9.17) is 4.74 Å². The van der Waals surface area contributed by atoms with Gasteiger partial charge in [0.25, 0.3) is 0 Å². The minimum atomic E-state index is -2.22. The van der Waals surface area contributed by atoms with Gasteiger partial charge in [0.1, 0.15) is 6.01 Å². The Bertz CT molecular complexity index is 982. The highest BCUT2D eigenvalue weighted by molar-refractivity contribution is 8.13. The fourth-order valence-electron chi connectivity index (χ4n) is 7.67. The fraction of sp³-hybridized carbons (Fsp3) is 0.720. The summed E-state index contributed by atoms with van der Waals surface area (Å²) in [6.07, 6.45) is 1.31. The number of aliphatic hydroxyl groups excluding tert-OH is 2. The molecule has 0 aromatic carbocycles. The Kier molecular flexibility index (Phi) is 6.18. The monoisotopic (exact) mass is 498 g/mol. The Hall–Kier alpha value is -1.58. The van der Waals surface area contributed by atoms with Gasteiger partial charge >= 0.3 is 5.97 Å². The average molecular weight is 499 g/mol. The Morgan fingerprint density at radius 1 is 1.24 bits per heavy atom. The van der Waals surface area contributed by atoms with E-state index >= 15 is 4.39 Å². The van der Waals surface area contributed by atoms with Gasteiger partial charge in [0, 0.05) is 29.1 Å². The largest absolute Gasteiger partial charge is 0.449 e. The molecule has 2 N–H and O–H groups in total. The van der Waals surface area contributed by atoms with Crippen molar-refractivity contribution >= 4 is 28.6 Å². The molecule has 34 heavy (non-hydrogen) atoms. The Labute approximate surface area is 202 Å². The van der Waals surface area contributed by atoms with Crippen molar-refractivity contribution in [3.63, 3.8) is 0 Å². The van der Waals surface area contributed by atoms with Crippen molar-refractivity contribution in [3.8, 4) is 0 Å². The van der Waals surface area contributed by atoms with Crippen molar-refractivity contribution in [2.24, 2.45) is 28.6 Å². The molecule has 3 fully saturated rings. The van der Waals surface area contributed by atoms with Crippen molar-refractivity contribution in [2.75, 3.05) is 6.01 Å². The standard InChI is InChI=1S/C25H32F2O6S/c1-5-20(31)33-25(21(32)34-12-26)13(2)8-15-16-10-18(29)17-9-14(28)6-7-22(17,3)24(16,27)19(30)11-23(15,25)4/h6-7,9,13,15-16,18-19,29-30H,5,8,10-12H2,1-4H3/t13-,15+,16+,18-,19+,22+,23+,24+,25+/m1/s1. The van der Waals surface area contributed by atoms with E-state index in [-0.39, 0.29) is 30.6 Å². The summed E-state index contributed by atoms with van der Waals surface area (Å²) in [5, 5.41) is 21.8. The van der Waals surface area contributed by atoms with Crippen LogP contribution in [0.25, 0.3) is 0 Å².